The van der Waals surface area contributed by atoms with Crippen LogP contribution in [0.3, 0.4) is 0 Å². The molecular weight excluding hydrogens is 136 g/mol. The van der Waals surface area contributed by atoms with Gasteiger partial charge in [0.25, 0.3) is 0 Å². The molecule has 0 bridgehead atoms. The summed E-state index contributed by atoms with van der Waals surface area (Å²) in [5.41, 5.74) is 5.77. The van der Waals surface area contributed by atoms with E-state index in [9.17, 15) is 0 Å². The van der Waals surface area contributed by atoms with Gasteiger partial charge in [-0.1, -0.05) is 7.43 Å². The molecule has 1 aliphatic carbocycles. The molecule has 0 amide bonds. The maximum atomic E-state index is 5.77. The van der Waals surface area contributed by atoms with Crippen LogP contribution in [0.2, 0.25) is 0 Å². The lowest BCUT2D eigenvalue weighted by Gasteiger charge is -2.25. The third-order valence-corrected chi connectivity index (χ3v) is 2.38. The van der Waals surface area contributed by atoms with Crippen LogP contribution in [-0.2, 0) is 0 Å². The first-order valence-electron chi connectivity index (χ1n) is 4.23. The molecular formula is C9H22N2. The largest absolute Gasteiger partial charge is 0.328 e. The molecule has 1 rings (SSSR count). The maximum Gasteiger partial charge on any atom is 0.00390 e. The van der Waals surface area contributed by atoms with Crippen molar-refractivity contribution in [2.24, 2.45) is 11.7 Å². The van der Waals surface area contributed by atoms with Crippen molar-refractivity contribution in [1.29, 1.82) is 0 Å². The van der Waals surface area contributed by atoms with Crippen molar-refractivity contribution in [3.63, 3.8) is 0 Å². The molecule has 1 saturated carbocycles. The van der Waals surface area contributed by atoms with Crippen LogP contribution in [0.4, 0.5) is 0 Å². The van der Waals surface area contributed by atoms with Crippen LogP contribution in [0.5, 0.6) is 0 Å². The SMILES string of the molecule is C.CNCC1CCC(N)CC1. The molecule has 0 aromatic rings. The van der Waals surface area contributed by atoms with E-state index in [4.69, 9.17) is 5.73 Å². The number of rotatable bonds is 2. The Kier molecular flexibility index (Phi) is 5.51. The van der Waals surface area contributed by atoms with Gasteiger partial charge in [-0.15, -0.1) is 0 Å². The van der Waals surface area contributed by atoms with Crippen LogP contribution in [0.1, 0.15) is 33.1 Å². The number of hydrogen-bond donors (Lipinski definition) is 2. The van der Waals surface area contributed by atoms with Crippen LogP contribution in [0.15, 0.2) is 0 Å². The summed E-state index contributed by atoms with van der Waals surface area (Å²) in [6.07, 6.45) is 5.10. The van der Waals surface area contributed by atoms with Crippen molar-refractivity contribution in [3.05, 3.63) is 0 Å². The zero-order chi connectivity index (χ0) is 7.40. The van der Waals surface area contributed by atoms with E-state index in [1.54, 1.807) is 0 Å². The van der Waals surface area contributed by atoms with E-state index in [0.29, 0.717) is 6.04 Å². The van der Waals surface area contributed by atoms with Gasteiger partial charge in [0, 0.05) is 6.04 Å². The van der Waals surface area contributed by atoms with Crippen molar-refractivity contribution in [3.8, 4) is 0 Å². The highest BCUT2D eigenvalue weighted by atomic mass is 14.8. The van der Waals surface area contributed by atoms with E-state index < -0.39 is 0 Å². The van der Waals surface area contributed by atoms with Crippen molar-refractivity contribution < 1.29 is 0 Å². The molecule has 0 heterocycles. The lowest BCUT2D eigenvalue weighted by molar-refractivity contribution is 0.320. The molecule has 1 fully saturated rings. The molecule has 11 heavy (non-hydrogen) atoms. The van der Waals surface area contributed by atoms with Gasteiger partial charge in [0.05, 0.1) is 0 Å². The molecule has 3 N–H and O–H groups in total. The molecule has 0 saturated heterocycles. The zero-order valence-corrected chi connectivity index (χ0v) is 6.77. The van der Waals surface area contributed by atoms with E-state index in [2.05, 4.69) is 5.32 Å². The lowest BCUT2D eigenvalue weighted by Crippen LogP contribution is -2.30. The average Bonchev–Trinajstić information content (AvgIpc) is 1.95. The lowest BCUT2D eigenvalue weighted by atomic mass is 9.86. The fourth-order valence-corrected chi connectivity index (χ4v) is 1.68. The van der Waals surface area contributed by atoms with Gasteiger partial charge in [-0.3, -0.25) is 0 Å². The minimum absolute atomic E-state index is 0. The Balaban J connectivity index is 0.000001000. The van der Waals surface area contributed by atoms with Crippen LogP contribution in [0, 0.1) is 5.92 Å². The first-order valence-corrected chi connectivity index (χ1v) is 4.23. The van der Waals surface area contributed by atoms with Gasteiger partial charge in [0.1, 0.15) is 0 Å². The minimum atomic E-state index is 0. The summed E-state index contributed by atoms with van der Waals surface area (Å²) >= 11 is 0. The highest BCUT2D eigenvalue weighted by Gasteiger charge is 2.16. The van der Waals surface area contributed by atoms with E-state index in [1.807, 2.05) is 7.05 Å². The molecule has 0 spiro atoms. The second-order valence-electron chi connectivity index (χ2n) is 3.34. The number of nitrogens with two attached hydrogens (primary N) is 1. The first kappa shape index (κ1) is 10.9. The summed E-state index contributed by atoms with van der Waals surface area (Å²) < 4.78 is 0. The molecule has 0 aliphatic heterocycles. The Hall–Kier alpha value is -0.0800. The van der Waals surface area contributed by atoms with Crippen molar-refractivity contribution in [2.75, 3.05) is 13.6 Å². The predicted octanol–water partition coefficient (Wildman–Crippen LogP) is 1.36. The van der Waals surface area contributed by atoms with Crippen LogP contribution >= 0.6 is 0 Å². The highest BCUT2D eigenvalue weighted by molar-refractivity contribution is 4.74. The molecule has 68 valence electrons. The van der Waals surface area contributed by atoms with E-state index in [-0.39, 0.29) is 7.43 Å². The molecule has 1 aliphatic rings. The quantitative estimate of drug-likeness (QED) is 0.637. The van der Waals surface area contributed by atoms with E-state index in [0.717, 1.165) is 5.92 Å². The Labute approximate surface area is 70.5 Å². The predicted molar refractivity (Wildman–Crippen MR) is 50.6 cm³/mol. The topological polar surface area (TPSA) is 38.0 Å². The molecule has 0 atom stereocenters. The number of nitrogens with one attached hydrogen (secondary N) is 1. The van der Waals surface area contributed by atoms with Crippen molar-refractivity contribution >= 4 is 0 Å². The third-order valence-electron chi connectivity index (χ3n) is 2.38. The van der Waals surface area contributed by atoms with Gasteiger partial charge < -0.3 is 11.1 Å². The standard InChI is InChI=1S/C8H18N2.CH4/c1-10-6-7-2-4-8(9)5-3-7;/h7-8,10H,2-6,9H2,1H3;1H4. The summed E-state index contributed by atoms with van der Waals surface area (Å²) in [5.74, 6) is 0.893. The Morgan fingerprint density at radius 3 is 2.27 bits per heavy atom. The molecule has 0 unspecified atom stereocenters. The summed E-state index contributed by atoms with van der Waals surface area (Å²) in [4.78, 5) is 0. The van der Waals surface area contributed by atoms with Gasteiger partial charge in [0.2, 0.25) is 0 Å². The molecule has 2 nitrogen and oxygen atoms in total. The highest BCUT2D eigenvalue weighted by Crippen LogP contribution is 2.21. The fourth-order valence-electron chi connectivity index (χ4n) is 1.68. The minimum Gasteiger partial charge on any atom is -0.328 e. The smallest absolute Gasteiger partial charge is 0.00390 e. The summed E-state index contributed by atoms with van der Waals surface area (Å²) in [5, 5.41) is 3.21. The van der Waals surface area contributed by atoms with Gasteiger partial charge in [-0.05, 0) is 45.2 Å². The van der Waals surface area contributed by atoms with Crippen LogP contribution < -0.4 is 11.1 Å². The van der Waals surface area contributed by atoms with Gasteiger partial charge in [0.15, 0.2) is 0 Å². The van der Waals surface area contributed by atoms with Crippen LogP contribution in [0.25, 0.3) is 0 Å². The zero-order valence-electron chi connectivity index (χ0n) is 6.77. The Bertz CT molecular complexity index is 85.6. The molecule has 2 heteroatoms. The maximum absolute atomic E-state index is 5.77. The molecule has 0 radical (unpaired) electrons. The normalized spacial score (nSPS) is 31.1. The van der Waals surface area contributed by atoms with Crippen molar-refractivity contribution in [1.82, 2.24) is 5.32 Å². The van der Waals surface area contributed by atoms with E-state index in [1.165, 1.54) is 32.2 Å². The van der Waals surface area contributed by atoms with Gasteiger partial charge in [-0.25, -0.2) is 0 Å². The average molecular weight is 158 g/mol. The Morgan fingerprint density at radius 2 is 1.82 bits per heavy atom. The third kappa shape index (κ3) is 3.73. The second-order valence-corrected chi connectivity index (χ2v) is 3.34. The monoisotopic (exact) mass is 158 g/mol. The van der Waals surface area contributed by atoms with Crippen LogP contribution in [-0.4, -0.2) is 19.6 Å². The van der Waals surface area contributed by atoms with Gasteiger partial charge >= 0.3 is 0 Å². The number of hydrogen-bond acceptors (Lipinski definition) is 2. The molecule has 0 aromatic heterocycles. The summed E-state index contributed by atoms with van der Waals surface area (Å²) in [7, 11) is 2.02. The van der Waals surface area contributed by atoms with Crippen molar-refractivity contribution in [2.45, 2.75) is 39.2 Å². The Morgan fingerprint density at radius 1 is 1.27 bits per heavy atom. The molecule has 0 aromatic carbocycles. The second kappa shape index (κ2) is 5.56. The van der Waals surface area contributed by atoms with Gasteiger partial charge in [-0.2, -0.15) is 0 Å². The summed E-state index contributed by atoms with van der Waals surface area (Å²) in [6, 6.07) is 0.494. The van der Waals surface area contributed by atoms with E-state index >= 15 is 0 Å². The first-order chi connectivity index (χ1) is 4.83. The fraction of sp³-hybridized carbons (Fsp3) is 1.00. The summed E-state index contributed by atoms with van der Waals surface area (Å²) in [6.45, 7) is 1.17.